The molecule has 2 heterocycles. The topological polar surface area (TPSA) is 137 Å². The van der Waals surface area contributed by atoms with Crippen LogP contribution in [0, 0.1) is 18.7 Å². The van der Waals surface area contributed by atoms with Crippen LogP contribution in [0.15, 0.2) is 46.9 Å². The van der Waals surface area contributed by atoms with Crippen LogP contribution in [0.3, 0.4) is 0 Å². The summed E-state index contributed by atoms with van der Waals surface area (Å²) in [5.74, 6) is -1.84. The van der Waals surface area contributed by atoms with Gasteiger partial charge in [-0.2, -0.15) is 0 Å². The van der Waals surface area contributed by atoms with Gasteiger partial charge in [0.25, 0.3) is 11.8 Å². The summed E-state index contributed by atoms with van der Waals surface area (Å²) in [6.07, 6.45) is 1.31. The Morgan fingerprint density at radius 1 is 1.23 bits per heavy atom. The molecule has 5 rings (SSSR count). The summed E-state index contributed by atoms with van der Waals surface area (Å²) in [7, 11) is 1.48. The fourth-order valence-corrected chi connectivity index (χ4v) is 5.55. The third kappa shape index (κ3) is 5.89. The van der Waals surface area contributed by atoms with Crippen molar-refractivity contribution in [2.24, 2.45) is 11.7 Å². The predicted molar refractivity (Wildman–Crippen MR) is 164 cm³/mol. The van der Waals surface area contributed by atoms with Gasteiger partial charge in [0.15, 0.2) is 5.75 Å². The van der Waals surface area contributed by atoms with Gasteiger partial charge in [-0.3, -0.25) is 9.59 Å². The fraction of sp³-hybridized carbons (Fsp3) is 0.290. The molecule has 0 unspecified atom stereocenters. The first-order chi connectivity index (χ1) is 20.5. The van der Waals surface area contributed by atoms with Gasteiger partial charge in [-0.05, 0) is 84.9 Å². The van der Waals surface area contributed by atoms with E-state index in [9.17, 15) is 14.7 Å². The summed E-state index contributed by atoms with van der Waals surface area (Å²) in [4.78, 5) is 35.1. The molecule has 9 nitrogen and oxygen atoms in total. The van der Waals surface area contributed by atoms with Crippen molar-refractivity contribution in [3.63, 3.8) is 0 Å². The summed E-state index contributed by atoms with van der Waals surface area (Å²) in [5, 5.41) is 15.9. The van der Waals surface area contributed by atoms with E-state index in [1.165, 1.54) is 25.3 Å². The van der Waals surface area contributed by atoms with Crippen molar-refractivity contribution in [3.8, 4) is 22.8 Å². The van der Waals surface area contributed by atoms with E-state index in [1.54, 1.807) is 38.1 Å². The first-order valence-electron chi connectivity index (χ1n) is 13.6. The van der Waals surface area contributed by atoms with E-state index in [2.05, 4.69) is 31.2 Å². The number of nitrogens with one attached hydrogen (secondary N) is 1. The first kappa shape index (κ1) is 30.7. The highest BCUT2D eigenvalue weighted by molar-refractivity contribution is 9.10. The number of aryl methyl sites for hydroxylation is 1. The number of carbonyl (C=O) groups excluding carboxylic acids is 2. The van der Waals surface area contributed by atoms with Gasteiger partial charge >= 0.3 is 0 Å². The van der Waals surface area contributed by atoms with Crippen molar-refractivity contribution >= 4 is 50.2 Å². The van der Waals surface area contributed by atoms with Crippen LogP contribution in [0.2, 0.25) is 5.02 Å². The Bertz CT molecular complexity index is 1770. The Labute approximate surface area is 260 Å². The molecule has 1 aliphatic carbocycles. The first-order valence-corrected chi connectivity index (χ1v) is 14.7. The molecule has 4 N–H and O–H groups in total. The van der Waals surface area contributed by atoms with E-state index in [0.29, 0.717) is 40.2 Å². The van der Waals surface area contributed by atoms with Crippen LogP contribution in [0.5, 0.6) is 11.5 Å². The minimum Gasteiger partial charge on any atom is -0.494 e. The highest BCUT2D eigenvalue weighted by Crippen LogP contribution is 2.47. The minimum absolute atomic E-state index is 0.00342. The number of methoxy groups -OCH3 is 1. The molecule has 4 aromatic rings. The summed E-state index contributed by atoms with van der Waals surface area (Å²) in [5.41, 5.74) is 5.52. The molecule has 2 aromatic heterocycles. The van der Waals surface area contributed by atoms with Crippen LogP contribution in [-0.2, 0) is 5.60 Å². The fourth-order valence-electron chi connectivity index (χ4n) is 5.03. The van der Waals surface area contributed by atoms with Crippen molar-refractivity contribution in [1.29, 1.82) is 0 Å². The largest absolute Gasteiger partial charge is 0.494 e. The zero-order chi connectivity index (χ0) is 31.1. The molecule has 0 bridgehead atoms. The highest BCUT2D eigenvalue weighted by Gasteiger charge is 2.47. The quantitative estimate of drug-likeness (QED) is 0.197. The number of nitrogens with two attached hydrogens (primary N) is 1. The maximum atomic E-state index is 15.3. The summed E-state index contributed by atoms with van der Waals surface area (Å²) in [6.45, 7) is 3.39. The van der Waals surface area contributed by atoms with E-state index in [-0.39, 0.29) is 57.4 Å². The van der Waals surface area contributed by atoms with Crippen LogP contribution in [-0.4, -0.2) is 47.2 Å². The number of halogens is 3. The second-order valence-corrected chi connectivity index (χ2v) is 11.6. The molecule has 1 atom stereocenters. The van der Waals surface area contributed by atoms with E-state index < -0.39 is 23.2 Å². The third-order valence-corrected chi connectivity index (χ3v) is 8.44. The van der Waals surface area contributed by atoms with E-state index in [1.807, 2.05) is 0 Å². The molecule has 0 spiro atoms. The van der Waals surface area contributed by atoms with Crippen molar-refractivity contribution in [1.82, 2.24) is 15.3 Å². The van der Waals surface area contributed by atoms with Crippen molar-refractivity contribution in [2.45, 2.75) is 32.3 Å². The van der Waals surface area contributed by atoms with Gasteiger partial charge in [0.1, 0.15) is 28.4 Å². The van der Waals surface area contributed by atoms with Gasteiger partial charge in [0.2, 0.25) is 0 Å². The maximum Gasteiger partial charge on any atom is 0.252 e. The molecule has 1 saturated carbocycles. The van der Waals surface area contributed by atoms with E-state index in [4.69, 9.17) is 26.8 Å². The van der Waals surface area contributed by atoms with Gasteiger partial charge in [-0.15, -0.1) is 0 Å². The van der Waals surface area contributed by atoms with Gasteiger partial charge in [-0.1, -0.05) is 17.7 Å². The van der Waals surface area contributed by atoms with Gasteiger partial charge in [0, 0.05) is 16.5 Å². The lowest BCUT2D eigenvalue weighted by molar-refractivity contribution is 0.00946. The Morgan fingerprint density at radius 3 is 2.63 bits per heavy atom. The third-order valence-electron chi connectivity index (χ3n) is 7.44. The normalized spacial score (nSPS) is 14.3. The molecular formula is C31H29BrClFN4O5. The molecule has 12 heteroatoms. The number of hydrogen-bond acceptors (Lipinski definition) is 7. The molecule has 2 amide bonds. The number of hydrogen-bond donors (Lipinski definition) is 3. The van der Waals surface area contributed by atoms with Crippen molar-refractivity contribution in [3.05, 3.63) is 80.3 Å². The van der Waals surface area contributed by atoms with Crippen LogP contribution < -0.4 is 20.5 Å². The summed E-state index contributed by atoms with van der Waals surface area (Å²) < 4.78 is 26.7. The number of primary amides is 1. The standard InChI is InChI=1S/C31H29BrClFN4O5/c1-4-43-28-20(29(35)39)13-24(38-27(28)19-6-5-7-21(32)25(19)34)31(41,18-8-9-18)14-36-30(40)17-10-16-11-22(33)15(2)37-26(16)23(12-17)42-3/h5-7,10-13,18,41H,4,8-9,14H2,1-3H3,(H2,35,39)(H,36,40)/t31-/m1/s1. The molecule has 224 valence electrons. The van der Waals surface area contributed by atoms with Gasteiger partial charge in [0.05, 0.1) is 46.7 Å². The van der Waals surface area contributed by atoms with Crippen molar-refractivity contribution in [2.75, 3.05) is 20.3 Å². The van der Waals surface area contributed by atoms with Crippen LogP contribution in [0.25, 0.3) is 22.2 Å². The lowest BCUT2D eigenvalue weighted by Gasteiger charge is -2.29. The van der Waals surface area contributed by atoms with E-state index in [0.717, 1.165) is 0 Å². The maximum absolute atomic E-state index is 15.3. The summed E-state index contributed by atoms with van der Waals surface area (Å²) in [6, 6.07) is 10.9. The Kier molecular flexibility index (Phi) is 8.60. The Morgan fingerprint density at radius 2 is 1.98 bits per heavy atom. The highest BCUT2D eigenvalue weighted by atomic mass is 79.9. The number of amides is 2. The number of rotatable bonds is 10. The Hall–Kier alpha value is -3.80. The van der Waals surface area contributed by atoms with Crippen LogP contribution >= 0.6 is 27.5 Å². The monoisotopic (exact) mass is 670 g/mol. The predicted octanol–water partition coefficient (Wildman–Crippen LogP) is 5.69. The number of aromatic nitrogens is 2. The zero-order valence-electron chi connectivity index (χ0n) is 23.6. The Balaban J connectivity index is 1.56. The number of carbonyl (C=O) groups is 2. The number of nitrogens with zero attached hydrogens (tertiary/aromatic N) is 2. The lowest BCUT2D eigenvalue weighted by Crippen LogP contribution is -2.43. The molecule has 0 aliphatic heterocycles. The second-order valence-electron chi connectivity index (χ2n) is 10.3. The van der Waals surface area contributed by atoms with Crippen LogP contribution in [0.4, 0.5) is 4.39 Å². The number of fused-ring (bicyclic) bond motifs is 1. The average Bonchev–Trinajstić information content (AvgIpc) is 3.84. The van der Waals surface area contributed by atoms with Gasteiger partial charge in [-0.25, -0.2) is 14.4 Å². The molecule has 0 radical (unpaired) electrons. The molecular weight excluding hydrogens is 643 g/mol. The lowest BCUT2D eigenvalue weighted by atomic mass is 9.90. The van der Waals surface area contributed by atoms with Gasteiger partial charge < -0.3 is 25.6 Å². The summed E-state index contributed by atoms with van der Waals surface area (Å²) >= 11 is 9.46. The molecule has 43 heavy (non-hydrogen) atoms. The second kappa shape index (κ2) is 12.1. The number of pyridine rings is 2. The molecule has 1 fully saturated rings. The number of aliphatic hydroxyl groups is 1. The molecule has 0 saturated heterocycles. The van der Waals surface area contributed by atoms with E-state index >= 15 is 4.39 Å². The van der Waals surface area contributed by atoms with Crippen LogP contribution in [0.1, 0.15) is 51.9 Å². The number of ether oxygens (including phenoxy) is 2. The zero-order valence-corrected chi connectivity index (χ0v) is 26.0. The van der Waals surface area contributed by atoms with Crippen molar-refractivity contribution < 1.29 is 28.6 Å². The minimum atomic E-state index is -1.70. The number of benzene rings is 2. The SMILES string of the molecule is CCOc1c(C(N)=O)cc([C@@](O)(CNC(=O)c2cc(OC)c3nc(C)c(Cl)cc3c2)C2CC2)nc1-c1cccc(Br)c1F. The smallest absolute Gasteiger partial charge is 0.252 e. The average molecular weight is 672 g/mol. The molecule has 2 aromatic carbocycles. The molecule has 1 aliphatic rings.